The number of hydrogen-bond donors (Lipinski definition) is 1. The van der Waals surface area contributed by atoms with Gasteiger partial charge in [0.2, 0.25) is 11.8 Å². The Balaban J connectivity index is 2.46. The highest BCUT2D eigenvalue weighted by Crippen LogP contribution is 2.34. The molecule has 0 aliphatic carbocycles. The van der Waals surface area contributed by atoms with E-state index in [1.54, 1.807) is 26.2 Å². The molecule has 0 spiro atoms. The van der Waals surface area contributed by atoms with Crippen LogP contribution in [0.5, 0.6) is 5.75 Å². The second-order valence-electron chi connectivity index (χ2n) is 5.05. The normalized spacial score (nSPS) is 22.2. The highest BCUT2D eigenvalue weighted by Gasteiger charge is 2.39. The third-order valence-corrected chi connectivity index (χ3v) is 4.09. The lowest BCUT2D eigenvalue weighted by atomic mass is 10.0. The molecule has 1 heterocycles. The first-order chi connectivity index (χ1) is 9.99. The number of anilines is 1. The molecule has 2 atom stereocenters. The molecular formula is C15H19BrN2O3. The summed E-state index contributed by atoms with van der Waals surface area (Å²) in [5, 5.41) is 2.79. The first-order valence-corrected chi connectivity index (χ1v) is 7.75. The Morgan fingerprint density at radius 3 is 2.71 bits per heavy atom. The van der Waals surface area contributed by atoms with Gasteiger partial charge in [0.25, 0.3) is 0 Å². The van der Waals surface area contributed by atoms with Gasteiger partial charge >= 0.3 is 0 Å². The number of nitrogens with one attached hydrogen (secondary N) is 1. The Bertz CT molecular complexity index is 562. The van der Waals surface area contributed by atoms with Gasteiger partial charge in [-0.3, -0.25) is 14.5 Å². The van der Waals surface area contributed by atoms with E-state index in [9.17, 15) is 9.59 Å². The average Bonchev–Trinajstić information content (AvgIpc) is 2.45. The van der Waals surface area contributed by atoms with Gasteiger partial charge in [-0.25, -0.2) is 0 Å². The van der Waals surface area contributed by atoms with E-state index in [1.807, 2.05) is 13.0 Å². The fourth-order valence-corrected chi connectivity index (χ4v) is 2.84. The summed E-state index contributed by atoms with van der Waals surface area (Å²) in [5.74, 6) is 0.332. The van der Waals surface area contributed by atoms with Crippen molar-refractivity contribution in [2.45, 2.75) is 38.8 Å². The second kappa shape index (κ2) is 6.47. The molecule has 1 aromatic carbocycles. The number of halogens is 1. The van der Waals surface area contributed by atoms with Gasteiger partial charge in [0.15, 0.2) is 0 Å². The van der Waals surface area contributed by atoms with E-state index in [2.05, 4.69) is 21.2 Å². The molecule has 0 aromatic heterocycles. The zero-order chi connectivity index (χ0) is 15.6. The minimum atomic E-state index is -0.561. The first kappa shape index (κ1) is 15.8. The fraction of sp³-hybridized carbons (Fsp3) is 0.467. The Labute approximate surface area is 132 Å². The van der Waals surface area contributed by atoms with Crippen molar-refractivity contribution in [1.82, 2.24) is 5.32 Å². The number of carbonyl (C=O) groups is 2. The summed E-state index contributed by atoms with van der Waals surface area (Å²) in [6.45, 7) is 3.71. The van der Waals surface area contributed by atoms with Crippen LogP contribution < -0.4 is 15.0 Å². The van der Waals surface area contributed by atoms with Gasteiger partial charge < -0.3 is 10.1 Å². The van der Waals surface area contributed by atoms with E-state index in [0.29, 0.717) is 17.9 Å². The van der Waals surface area contributed by atoms with Crippen LogP contribution >= 0.6 is 15.9 Å². The van der Waals surface area contributed by atoms with Crippen molar-refractivity contribution in [2.75, 3.05) is 12.0 Å². The van der Waals surface area contributed by atoms with Gasteiger partial charge in [0.1, 0.15) is 17.8 Å². The van der Waals surface area contributed by atoms with Gasteiger partial charge in [0, 0.05) is 4.47 Å². The number of benzene rings is 1. The lowest BCUT2D eigenvalue weighted by Crippen LogP contribution is -2.62. The molecule has 21 heavy (non-hydrogen) atoms. The molecule has 1 aliphatic heterocycles. The maximum absolute atomic E-state index is 12.7. The van der Waals surface area contributed by atoms with Crippen LogP contribution in [-0.4, -0.2) is 31.0 Å². The molecule has 0 saturated carbocycles. The highest BCUT2D eigenvalue weighted by molar-refractivity contribution is 9.10. The van der Waals surface area contributed by atoms with Gasteiger partial charge in [-0.05, 0) is 31.5 Å². The fourth-order valence-electron chi connectivity index (χ4n) is 2.49. The Hall–Kier alpha value is -1.56. The maximum atomic E-state index is 12.7. The summed E-state index contributed by atoms with van der Waals surface area (Å²) in [6, 6.07) is 4.39. The van der Waals surface area contributed by atoms with Crippen LogP contribution in [0.1, 0.15) is 26.7 Å². The molecular weight excluding hydrogens is 336 g/mol. The van der Waals surface area contributed by atoms with Crippen molar-refractivity contribution in [3.05, 3.63) is 22.7 Å². The zero-order valence-corrected chi connectivity index (χ0v) is 13.9. The van der Waals surface area contributed by atoms with E-state index in [1.165, 1.54) is 4.90 Å². The van der Waals surface area contributed by atoms with E-state index in [0.717, 1.165) is 10.9 Å². The third kappa shape index (κ3) is 3.05. The van der Waals surface area contributed by atoms with Crippen molar-refractivity contribution in [3.63, 3.8) is 0 Å². The molecule has 5 nitrogen and oxygen atoms in total. The Morgan fingerprint density at radius 2 is 2.10 bits per heavy atom. The van der Waals surface area contributed by atoms with Crippen LogP contribution in [0.4, 0.5) is 5.69 Å². The van der Waals surface area contributed by atoms with E-state index in [4.69, 9.17) is 4.74 Å². The number of hydrogen-bond acceptors (Lipinski definition) is 3. The Kier molecular flexibility index (Phi) is 4.88. The molecule has 1 N–H and O–H groups in total. The molecule has 1 aliphatic rings. The average molecular weight is 355 g/mol. The molecule has 1 aromatic rings. The molecule has 2 rings (SSSR count). The summed E-state index contributed by atoms with van der Waals surface area (Å²) in [7, 11) is 1.55. The number of nitrogens with zero attached hydrogens (tertiary/aromatic N) is 1. The summed E-state index contributed by atoms with van der Waals surface area (Å²) < 4.78 is 6.16. The zero-order valence-electron chi connectivity index (χ0n) is 12.4. The number of carbonyl (C=O) groups excluding carboxylic acids is 2. The topological polar surface area (TPSA) is 58.6 Å². The van der Waals surface area contributed by atoms with Crippen molar-refractivity contribution in [1.29, 1.82) is 0 Å². The number of amides is 2. The molecule has 2 amide bonds. The molecule has 0 radical (unpaired) electrons. The maximum Gasteiger partial charge on any atom is 0.250 e. The lowest BCUT2D eigenvalue weighted by molar-refractivity contribution is -0.133. The summed E-state index contributed by atoms with van der Waals surface area (Å²) in [5.41, 5.74) is 0.611. The minimum absolute atomic E-state index is 0.0969. The standard InChI is InChI=1S/C15H19BrN2O3/c1-4-5-11-15(20)18(9(2)14(19)17-11)12-8-10(16)6-7-13(12)21-3/h6-9,11H,4-5H2,1-3H3,(H,17,19). The van der Waals surface area contributed by atoms with Crippen LogP contribution in [-0.2, 0) is 9.59 Å². The van der Waals surface area contributed by atoms with Crippen LogP contribution in [0, 0.1) is 0 Å². The van der Waals surface area contributed by atoms with Gasteiger partial charge in [-0.2, -0.15) is 0 Å². The van der Waals surface area contributed by atoms with Crippen LogP contribution in [0.3, 0.4) is 0 Å². The van der Waals surface area contributed by atoms with Gasteiger partial charge in [0.05, 0.1) is 12.8 Å². The minimum Gasteiger partial charge on any atom is -0.495 e. The lowest BCUT2D eigenvalue weighted by Gasteiger charge is -2.37. The predicted molar refractivity (Wildman–Crippen MR) is 84.5 cm³/mol. The molecule has 6 heteroatoms. The van der Waals surface area contributed by atoms with Crippen molar-refractivity contribution in [3.8, 4) is 5.75 Å². The number of methoxy groups -OCH3 is 1. The smallest absolute Gasteiger partial charge is 0.250 e. The molecule has 0 bridgehead atoms. The second-order valence-corrected chi connectivity index (χ2v) is 5.97. The van der Waals surface area contributed by atoms with Crippen molar-refractivity contribution in [2.24, 2.45) is 0 Å². The van der Waals surface area contributed by atoms with Gasteiger partial charge in [-0.1, -0.05) is 29.3 Å². The van der Waals surface area contributed by atoms with Crippen molar-refractivity contribution >= 4 is 33.4 Å². The van der Waals surface area contributed by atoms with E-state index >= 15 is 0 Å². The third-order valence-electron chi connectivity index (χ3n) is 3.60. The molecule has 1 fully saturated rings. The summed E-state index contributed by atoms with van der Waals surface area (Å²) >= 11 is 3.40. The quantitative estimate of drug-likeness (QED) is 0.903. The van der Waals surface area contributed by atoms with Crippen molar-refractivity contribution < 1.29 is 14.3 Å². The van der Waals surface area contributed by atoms with E-state index < -0.39 is 12.1 Å². The van der Waals surface area contributed by atoms with Crippen LogP contribution in [0.2, 0.25) is 0 Å². The monoisotopic (exact) mass is 354 g/mol. The largest absolute Gasteiger partial charge is 0.495 e. The number of ether oxygens (including phenoxy) is 1. The number of rotatable bonds is 4. The SMILES string of the molecule is CCCC1NC(=O)C(C)N(c2cc(Br)ccc2OC)C1=O. The molecule has 2 unspecified atom stereocenters. The summed E-state index contributed by atoms with van der Waals surface area (Å²) in [4.78, 5) is 26.4. The van der Waals surface area contributed by atoms with Gasteiger partial charge in [-0.15, -0.1) is 0 Å². The molecule has 114 valence electrons. The summed E-state index contributed by atoms with van der Waals surface area (Å²) in [6.07, 6.45) is 1.46. The highest BCUT2D eigenvalue weighted by atomic mass is 79.9. The van der Waals surface area contributed by atoms with Crippen LogP contribution in [0.15, 0.2) is 22.7 Å². The Morgan fingerprint density at radius 1 is 1.38 bits per heavy atom. The number of piperazine rings is 1. The predicted octanol–water partition coefficient (Wildman–Crippen LogP) is 2.48. The molecule has 1 saturated heterocycles. The first-order valence-electron chi connectivity index (χ1n) is 6.96. The van der Waals surface area contributed by atoms with E-state index in [-0.39, 0.29) is 11.8 Å². The van der Waals surface area contributed by atoms with Crippen LogP contribution in [0.25, 0.3) is 0 Å².